The minimum atomic E-state index is -0.361. The van der Waals surface area contributed by atoms with Crippen molar-refractivity contribution in [3.63, 3.8) is 0 Å². The number of rotatable bonds is 6. The van der Waals surface area contributed by atoms with E-state index in [-0.39, 0.29) is 17.5 Å². The van der Waals surface area contributed by atoms with E-state index in [2.05, 4.69) is 25.4 Å². The number of carbonyl (C=O) groups excluding carboxylic acids is 1. The number of aromatic nitrogens is 5. The van der Waals surface area contributed by atoms with E-state index in [1.54, 1.807) is 36.2 Å². The maximum absolute atomic E-state index is 12.8. The second-order valence-corrected chi connectivity index (χ2v) is 7.31. The highest BCUT2D eigenvalue weighted by molar-refractivity contribution is 6.03. The first kappa shape index (κ1) is 20.3. The first-order valence-electron chi connectivity index (χ1n) is 9.75. The number of amides is 1. The number of nitrogens with one attached hydrogen (secondary N) is 1. The van der Waals surface area contributed by atoms with Crippen molar-refractivity contribution in [2.45, 2.75) is 26.7 Å². The largest absolute Gasteiger partial charge is 0.495 e. The molecule has 1 aromatic carbocycles. The lowest BCUT2D eigenvalue weighted by molar-refractivity contribution is 0.102. The first-order valence-corrected chi connectivity index (χ1v) is 9.75. The summed E-state index contributed by atoms with van der Waals surface area (Å²) in [6, 6.07) is 9.17. The first-order chi connectivity index (χ1) is 15.0. The third-order valence-corrected chi connectivity index (χ3v) is 4.64. The van der Waals surface area contributed by atoms with E-state index in [0.717, 1.165) is 5.56 Å². The standard InChI is InChI=1S/C22H22N6O3/c1-13(2)19-26-22(31-27-19)15-6-5-9-23-20(15)28-11-17(24-12-28)21(29)25-16-10-14(3)7-8-18(16)30-4/h5-13H,1-4H3,(H,25,29). The summed E-state index contributed by atoms with van der Waals surface area (Å²) in [5.74, 6) is 1.85. The zero-order valence-corrected chi connectivity index (χ0v) is 17.7. The number of hydrogen-bond donors (Lipinski definition) is 1. The van der Waals surface area contributed by atoms with Gasteiger partial charge in [0, 0.05) is 18.3 Å². The Kier molecular flexibility index (Phi) is 5.48. The Labute approximate surface area is 179 Å². The number of anilines is 1. The van der Waals surface area contributed by atoms with Gasteiger partial charge in [0.15, 0.2) is 11.6 Å². The molecule has 0 saturated carbocycles. The van der Waals surface area contributed by atoms with Crippen LogP contribution in [0.1, 0.15) is 41.6 Å². The minimum absolute atomic E-state index is 0.139. The van der Waals surface area contributed by atoms with E-state index >= 15 is 0 Å². The summed E-state index contributed by atoms with van der Waals surface area (Å²) in [4.78, 5) is 25.9. The van der Waals surface area contributed by atoms with Crippen molar-refractivity contribution in [1.29, 1.82) is 0 Å². The second kappa shape index (κ2) is 8.39. The molecular formula is C22H22N6O3. The molecule has 0 bridgehead atoms. The molecule has 9 nitrogen and oxygen atoms in total. The van der Waals surface area contributed by atoms with Gasteiger partial charge in [0.1, 0.15) is 17.8 Å². The lowest BCUT2D eigenvalue weighted by Crippen LogP contribution is -2.13. The van der Waals surface area contributed by atoms with Crippen molar-refractivity contribution in [2.24, 2.45) is 0 Å². The average Bonchev–Trinajstić information content (AvgIpc) is 3.44. The summed E-state index contributed by atoms with van der Waals surface area (Å²) in [6.07, 6.45) is 4.77. The van der Waals surface area contributed by atoms with Gasteiger partial charge < -0.3 is 14.6 Å². The van der Waals surface area contributed by atoms with Gasteiger partial charge in [-0.2, -0.15) is 4.98 Å². The Balaban J connectivity index is 1.62. The lowest BCUT2D eigenvalue weighted by Gasteiger charge is -2.10. The van der Waals surface area contributed by atoms with E-state index in [1.807, 2.05) is 39.0 Å². The molecule has 0 aliphatic heterocycles. The van der Waals surface area contributed by atoms with Crippen molar-refractivity contribution in [1.82, 2.24) is 24.7 Å². The second-order valence-electron chi connectivity index (χ2n) is 7.31. The van der Waals surface area contributed by atoms with E-state index in [9.17, 15) is 4.79 Å². The molecular weight excluding hydrogens is 396 g/mol. The van der Waals surface area contributed by atoms with E-state index < -0.39 is 0 Å². The number of ether oxygens (including phenoxy) is 1. The fourth-order valence-corrected chi connectivity index (χ4v) is 3.01. The number of benzene rings is 1. The molecule has 0 saturated heterocycles. The number of aryl methyl sites for hydroxylation is 1. The van der Waals surface area contributed by atoms with Crippen LogP contribution in [0, 0.1) is 6.92 Å². The summed E-state index contributed by atoms with van der Waals surface area (Å²) < 4.78 is 12.4. The van der Waals surface area contributed by atoms with Gasteiger partial charge in [-0.25, -0.2) is 9.97 Å². The number of hydrogen-bond acceptors (Lipinski definition) is 7. The maximum atomic E-state index is 12.8. The van der Waals surface area contributed by atoms with Crippen LogP contribution in [0.4, 0.5) is 5.69 Å². The van der Waals surface area contributed by atoms with Crippen LogP contribution in [0.3, 0.4) is 0 Å². The Morgan fingerprint density at radius 3 is 2.81 bits per heavy atom. The highest BCUT2D eigenvalue weighted by Gasteiger charge is 2.19. The smallest absolute Gasteiger partial charge is 0.275 e. The molecule has 0 unspecified atom stereocenters. The highest BCUT2D eigenvalue weighted by Crippen LogP contribution is 2.27. The monoisotopic (exact) mass is 418 g/mol. The third-order valence-electron chi connectivity index (χ3n) is 4.64. The molecule has 3 heterocycles. The predicted molar refractivity (Wildman–Crippen MR) is 114 cm³/mol. The van der Waals surface area contributed by atoms with Crippen LogP contribution < -0.4 is 10.1 Å². The lowest BCUT2D eigenvalue weighted by atomic mass is 10.2. The molecule has 0 fully saturated rings. The molecule has 0 aliphatic carbocycles. The molecule has 4 rings (SSSR count). The van der Waals surface area contributed by atoms with Crippen LogP contribution in [-0.4, -0.2) is 37.7 Å². The SMILES string of the molecule is COc1ccc(C)cc1NC(=O)c1cn(-c2ncccc2-c2nc(C(C)C)no2)cn1. The molecule has 9 heteroatoms. The third kappa shape index (κ3) is 4.16. The molecule has 0 aliphatic rings. The quantitative estimate of drug-likeness (QED) is 0.504. The number of nitrogens with zero attached hydrogens (tertiary/aromatic N) is 5. The van der Waals surface area contributed by atoms with Crippen molar-refractivity contribution in [3.8, 4) is 23.0 Å². The molecule has 0 radical (unpaired) electrons. The van der Waals surface area contributed by atoms with Gasteiger partial charge in [0.05, 0.1) is 18.4 Å². The summed E-state index contributed by atoms with van der Waals surface area (Å²) >= 11 is 0. The zero-order chi connectivity index (χ0) is 22.0. The van der Waals surface area contributed by atoms with Crippen LogP contribution in [0.15, 0.2) is 53.6 Å². The zero-order valence-electron chi connectivity index (χ0n) is 17.7. The summed E-state index contributed by atoms with van der Waals surface area (Å²) in [6.45, 7) is 5.92. The fourth-order valence-electron chi connectivity index (χ4n) is 3.01. The Bertz CT molecular complexity index is 1230. The van der Waals surface area contributed by atoms with Crippen molar-refractivity contribution < 1.29 is 14.1 Å². The normalized spacial score (nSPS) is 11.0. The van der Waals surface area contributed by atoms with E-state index in [4.69, 9.17) is 9.26 Å². The van der Waals surface area contributed by atoms with Gasteiger partial charge in [-0.15, -0.1) is 0 Å². The molecule has 0 atom stereocenters. The Hall–Kier alpha value is -4.01. The molecule has 3 aromatic heterocycles. The van der Waals surface area contributed by atoms with Crippen LogP contribution in [-0.2, 0) is 0 Å². The molecule has 1 N–H and O–H groups in total. The van der Waals surface area contributed by atoms with Crippen LogP contribution in [0.25, 0.3) is 17.3 Å². The number of imidazole rings is 1. The summed E-state index contributed by atoms with van der Waals surface area (Å²) in [7, 11) is 1.56. The van der Waals surface area contributed by atoms with Crippen LogP contribution in [0.2, 0.25) is 0 Å². The van der Waals surface area contributed by atoms with Gasteiger partial charge in [-0.05, 0) is 36.8 Å². The molecule has 158 valence electrons. The molecule has 0 spiro atoms. The van der Waals surface area contributed by atoms with E-state index in [0.29, 0.717) is 34.5 Å². The van der Waals surface area contributed by atoms with Crippen molar-refractivity contribution in [2.75, 3.05) is 12.4 Å². The number of methoxy groups -OCH3 is 1. The number of pyridine rings is 1. The predicted octanol–water partition coefficient (Wildman–Crippen LogP) is 4.01. The number of carbonyl (C=O) groups is 1. The molecule has 1 amide bonds. The van der Waals surface area contributed by atoms with Gasteiger partial charge >= 0.3 is 0 Å². The Morgan fingerprint density at radius 1 is 1.23 bits per heavy atom. The topological polar surface area (TPSA) is 108 Å². The van der Waals surface area contributed by atoms with Crippen molar-refractivity contribution >= 4 is 11.6 Å². The highest BCUT2D eigenvalue weighted by atomic mass is 16.5. The minimum Gasteiger partial charge on any atom is -0.495 e. The summed E-state index contributed by atoms with van der Waals surface area (Å²) in [5.41, 5.74) is 2.45. The van der Waals surface area contributed by atoms with Crippen LogP contribution in [0.5, 0.6) is 5.75 Å². The van der Waals surface area contributed by atoms with E-state index in [1.165, 1.54) is 6.33 Å². The maximum Gasteiger partial charge on any atom is 0.275 e. The van der Waals surface area contributed by atoms with Crippen molar-refractivity contribution in [3.05, 3.63) is 66.1 Å². The van der Waals surface area contributed by atoms with Gasteiger partial charge in [-0.3, -0.25) is 9.36 Å². The van der Waals surface area contributed by atoms with Crippen LogP contribution >= 0.6 is 0 Å². The van der Waals surface area contributed by atoms with Gasteiger partial charge in [-0.1, -0.05) is 25.1 Å². The Morgan fingerprint density at radius 2 is 2.06 bits per heavy atom. The molecule has 4 aromatic rings. The fraction of sp³-hybridized carbons (Fsp3) is 0.227. The molecule has 31 heavy (non-hydrogen) atoms. The van der Waals surface area contributed by atoms with Gasteiger partial charge in [0.2, 0.25) is 0 Å². The van der Waals surface area contributed by atoms with Gasteiger partial charge in [0.25, 0.3) is 11.8 Å². The average molecular weight is 418 g/mol. The summed E-state index contributed by atoms with van der Waals surface area (Å²) in [5, 5.41) is 6.86.